The zero-order valence-electron chi connectivity index (χ0n) is 12.2. The third-order valence-electron chi connectivity index (χ3n) is 3.69. The van der Waals surface area contributed by atoms with Crippen LogP contribution in [-0.2, 0) is 6.42 Å². The highest BCUT2D eigenvalue weighted by Crippen LogP contribution is 2.21. The van der Waals surface area contributed by atoms with Gasteiger partial charge in [0.15, 0.2) is 0 Å². The predicted molar refractivity (Wildman–Crippen MR) is 84.0 cm³/mol. The SMILES string of the molecule is CCCCCCCCc1cccc2oc(=O)c(N)cc12. The quantitative estimate of drug-likeness (QED) is 0.605. The van der Waals surface area contributed by atoms with Gasteiger partial charge in [0.05, 0.1) is 0 Å². The van der Waals surface area contributed by atoms with E-state index in [-0.39, 0.29) is 5.69 Å². The lowest BCUT2D eigenvalue weighted by atomic mass is 10.0. The van der Waals surface area contributed by atoms with Gasteiger partial charge in [0, 0.05) is 5.39 Å². The maximum absolute atomic E-state index is 11.4. The molecule has 0 atom stereocenters. The molecule has 0 saturated heterocycles. The van der Waals surface area contributed by atoms with Crippen LogP contribution < -0.4 is 11.4 Å². The molecule has 1 aromatic heterocycles. The van der Waals surface area contributed by atoms with Gasteiger partial charge in [-0.25, -0.2) is 4.79 Å². The summed E-state index contributed by atoms with van der Waals surface area (Å²) in [5.74, 6) is 0. The molecule has 0 bridgehead atoms. The molecule has 0 saturated carbocycles. The number of fused-ring (bicyclic) bond motifs is 1. The third kappa shape index (κ3) is 3.62. The van der Waals surface area contributed by atoms with Crippen molar-refractivity contribution in [3.63, 3.8) is 0 Å². The number of rotatable bonds is 7. The predicted octanol–water partition coefficient (Wildman–Crippen LogP) is 4.28. The minimum atomic E-state index is -0.450. The zero-order valence-corrected chi connectivity index (χ0v) is 12.2. The van der Waals surface area contributed by atoms with Crippen LogP contribution in [-0.4, -0.2) is 0 Å². The largest absolute Gasteiger partial charge is 0.421 e. The second-order valence-electron chi connectivity index (χ2n) is 5.34. The second kappa shape index (κ2) is 7.13. The molecule has 0 radical (unpaired) electrons. The summed E-state index contributed by atoms with van der Waals surface area (Å²) in [6.45, 7) is 2.23. The highest BCUT2D eigenvalue weighted by Gasteiger charge is 2.06. The van der Waals surface area contributed by atoms with E-state index in [1.54, 1.807) is 6.07 Å². The first kappa shape index (κ1) is 14.6. The lowest BCUT2D eigenvalue weighted by Gasteiger charge is -2.06. The molecule has 108 valence electrons. The Balaban J connectivity index is 2.03. The van der Waals surface area contributed by atoms with Crippen molar-refractivity contribution in [3.05, 3.63) is 40.2 Å². The van der Waals surface area contributed by atoms with Crippen LogP contribution >= 0.6 is 0 Å². The molecule has 0 amide bonds. The van der Waals surface area contributed by atoms with E-state index in [0.29, 0.717) is 5.58 Å². The summed E-state index contributed by atoms with van der Waals surface area (Å²) in [6.07, 6.45) is 8.67. The van der Waals surface area contributed by atoms with E-state index in [2.05, 4.69) is 13.0 Å². The number of anilines is 1. The fourth-order valence-electron chi connectivity index (χ4n) is 2.53. The molecule has 2 N–H and O–H groups in total. The highest BCUT2D eigenvalue weighted by atomic mass is 16.4. The van der Waals surface area contributed by atoms with Gasteiger partial charge in [-0.2, -0.15) is 0 Å². The van der Waals surface area contributed by atoms with Crippen molar-refractivity contribution >= 4 is 16.7 Å². The Morgan fingerprint density at radius 2 is 1.85 bits per heavy atom. The van der Waals surface area contributed by atoms with E-state index in [1.165, 1.54) is 44.1 Å². The number of hydrogen-bond donors (Lipinski definition) is 1. The molecule has 0 fully saturated rings. The minimum Gasteiger partial charge on any atom is -0.421 e. The fraction of sp³-hybridized carbons (Fsp3) is 0.471. The molecule has 3 nitrogen and oxygen atoms in total. The first-order valence-electron chi connectivity index (χ1n) is 7.53. The van der Waals surface area contributed by atoms with Gasteiger partial charge < -0.3 is 10.2 Å². The number of aryl methyl sites for hydroxylation is 1. The van der Waals surface area contributed by atoms with Crippen molar-refractivity contribution in [3.8, 4) is 0 Å². The Morgan fingerprint density at radius 3 is 2.65 bits per heavy atom. The lowest BCUT2D eigenvalue weighted by molar-refractivity contribution is 0.563. The van der Waals surface area contributed by atoms with Gasteiger partial charge in [0.2, 0.25) is 0 Å². The molecule has 0 aliphatic rings. The van der Waals surface area contributed by atoms with Gasteiger partial charge in [-0.05, 0) is 30.5 Å². The molecule has 2 rings (SSSR count). The van der Waals surface area contributed by atoms with Gasteiger partial charge in [-0.3, -0.25) is 0 Å². The van der Waals surface area contributed by atoms with Crippen LogP contribution in [0.5, 0.6) is 0 Å². The maximum Gasteiger partial charge on any atom is 0.359 e. The summed E-state index contributed by atoms with van der Waals surface area (Å²) in [7, 11) is 0. The molecule has 20 heavy (non-hydrogen) atoms. The van der Waals surface area contributed by atoms with Crippen molar-refractivity contribution in [1.29, 1.82) is 0 Å². The minimum absolute atomic E-state index is 0.188. The summed E-state index contributed by atoms with van der Waals surface area (Å²) in [5.41, 5.74) is 7.24. The van der Waals surface area contributed by atoms with E-state index in [0.717, 1.165) is 11.8 Å². The Bertz CT molecular complexity index is 616. The van der Waals surface area contributed by atoms with Gasteiger partial charge >= 0.3 is 5.63 Å². The molecule has 2 aromatic rings. The van der Waals surface area contributed by atoms with Crippen molar-refractivity contribution in [2.75, 3.05) is 5.73 Å². The molecular formula is C17H23NO2. The Kier molecular flexibility index (Phi) is 5.22. The number of benzene rings is 1. The number of nitrogen functional groups attached to an aromatic ring is 1. The summed E-state index contributed by atoms with van der Waals surface area (Å²) < 4.78 is 5.21. The average Bonchev–Trinajstić information content (AvgIpc) is 2.44. The van der Waals surface area contributed by atoms with E-state index >= 15 is 0 Å². The Morgan fingerprint density at radius 1 is 1.10 bits per heavy atom. The summed E-state index contributed by atoms with van der Waals surface area (Å²) in [5, 5.41) is 0.971. The molecular weight excluding hydrogens is 250 g/mol. The van der Waals surface area contributed by atoms with Crippen LogP contribution in [0.2, 0.25) is 0 Å². The van der Waals surface area contributed by atoms with Gasteiger partial charge in [-0.15, -0.1) is 0 Å². The van der Waals surface area contributed by atoms with Crippen LogP contribution in [0.1, 0.15) is 51.0 Å². The topological polar surface area (TPSA) is 56.2 Å². The van der Waals surface area contributed by atoms with E-state index in [1.807, 2.05) is 12.1 Å². The lowest BCUT2D eigenvalue weighted by Crippen LogP contribution is -2.06. The zero-order chi connectivity index (χ0) is 14.4. The second-order valence-corrected chi connectivity index (χ2v) is 5.34. The normalized spacial score (nSPS) is 11.1. The maximum atomic E-state index is 11.4. The van der Waals surface area contributed by atoms with Crippen molar-refractivity contribution < 1.29 is 4.42 Å². The Hall–Kier alpha value is -1.77. The molecule has 0 aliphatic carbocycles. The van der Waals surface area contributed by atoms with Gasteiger partial charge in [0.1, 0.15) is 11.3 Å². The number of nitrogens with two attached hydrogens (primary N) is 1. The third-order valence-corrected chi connectivity index (χ3v) is 3.69. The molecule has 1 heterocycles. The average molecular weight is 273 g/mol. The molecule has 3 heteroatoms. The fourth-order valence-corrected chi connectivity index (χ4v) is 2.53. The Labute approximate surface area is 119 Å². The number of unbranched alkanes of at least 4 members (excludes halogenated alkanes) is 5. The van der Waals surface area contributed by atoms with E-state index in [4.69, 9.17) is 10.2 Å². The molecule has 0 aliphatic heterocycles. The van der Waals surface area contributed by atoms with E-state index in [9.17, 15) is 4.79 Å². The van der Waals surface area contributed by atoms with Crippen molar-refractivity contribution in [2.24, 2.45) is 0 Å². The number of hydrogen-bond acceptors (Lipinski definition) is 3. The van der Waals surface area contributed by atoms with Gasteiger partial charge in [-0.1, -0.05) is 51.2 Å². The van der Waals surface area contributed by atoms with Crippen molar-refractivity contribution in [1.82, 2.24) is 0 Å². The standard InChI is InChI=1S/C17H23NO2/c1-2-3-4-5-6-7-9-13-10-8-11-16-14(13)12-15(18)17(19)20-16/h8,10-12H,2-7,9,18H2,1H3. The van der Waals surface area contributed by atoms with Gasteiger partial charge in [0.25, 0.3) is 0 Å². The molecule has 1 aromatic carbocycles. The monoisotopic (exact) mass is 273 g/mol. The van der Waals surface area contributed by atoms with E-state index < -0.39 is 5.63 Å². The van der Waals surface area contributed by atoms with Crippen LogP contribution in [0.25, 0.3) is 11.0 Å². The highest BCUT2D eigenvalue weighted by molar-refractivity contribution is 5.82. The van der Waals surface area contributed by atoms with Crippen LogP contribution in [0.15, 0.2) is 33.5 Å². The summed E-state index contributed by atoms with van der Waals surface area (Å²) in [6, 6.07) is 7.59. The van der Waals surface area contributed by atoms with Crippen LogP contribution in [0.4, 0.5) is 5.69 Å². The first-order valence-corrected chi connectivity index (χ1v) is 7.53. The van der Waals surface area contributed by atoms with Crippen molar-refractivity contribution in [2.45, 2.75) is 51.9 Å². The molecule has 0 spiro atoms. The first-order chi connectivity index (χ1) is 9.72. The molecule has 0 unspecified atom stereocenters. The van der Waals surface area contributed by atoms with Crippen LogP contribution in [0.3, 0.4) is 0 Å². The summed E-state index contributed by atoms with van der Waals surface area (Å²) >= 11 is 0. The smallest absolute Gasteiger partial charge is 0.359 e. The van der Waals surface area contributed by atoms with Crippen LogP contribution in [0, 0.1) is 0 Å². The summed E-state index contributed by atoms with van der Waals surface area (Å²) in [4.78, 5) is 11.4.